The molecule has 3 aromatic rings. The number of nitriles is 1. The van der Waals surface area contributed by atoms with Crippen molar-refractivity contribution in [3.05, 3.63) is 58.3 Å². The number of carbonyl (C=O) groups is 2. The van der Waals surface area contributed by atoms with E-state index in [4.69, 9.17) is 11.0 Å². The van der Waals surface area contributed by atoms with Gasteiger partial charge in [0, 0.05) is 18.3 Å². The summed E-state index contributed by atoms with van der Waals surface area (Å²) in [6, 6.07) is 10.7. The molecular weight excluding hydrogens is 390 g/mol. The van der Waals surface area contributed by atoms with Crippen LogP contribution in [0.15, 0.2) is 41.1 Å². The lowest BCUT2D eigenvalue weighted by molar-refractivity contribution is -0.118. The normalized spacial score (nSPS) is 10.2. The van der Waals surface area contributed by atoms with E-state index in [-0.39, 0.29) is 35.8 Å². The van der Waals surface area contributed by atoms with E-state index >= 15 is 0 Å². The van der Waals surface area contributed by atoms with Crippen LogP contribution in [-0.4, -0.2) is 26.8 Å². The number of hydrogen-bond acceptors (Lipinski definition) is 8. The first kappa shape index (κ1) is 19.9. The Morgan fingerprint density at radius 3 is 2.59 bits per heavy atom. The number of benzene rings is 1. The molecule has 3 N–H and O–H groups in total. The second-order valence-corrected chi connectivity index (χ2v) is 6.84. The van der Waals surface area contributed by atoms with Gasteiger partial charge in [0.25, 0.3) is 0 Å². The summed E-state index contributed by atoms with van der Waals surface area (Å²) in [4.78, 5) is 37.4. The topological polar surface area (TPSA) is 138 Å². The maximum atomic E-state index is 13.0. The van der Waals surface area contributed by atoms with E-state index in [1.54, 1.807) is 35.2 Å². The zero-order valence-electron chi connectivity index (χ0n) is 15.5. The number of thiophene rings is 1. The fourth-order valence-corrected chi connectivity index (χ4v) is 3.27. The lowest BCUT2D eigenvalue weighted by Gasteiger charge is -2.22. The van der Waals surface area contributed by atoms with Crippen LogP contribution >= 0.6 is 11.3 Å². The molecule has 0 aliphatic heterocycles. The quantitative estimate of drug-likeness (QED) is 0.638. The third kappa shape index (κ3) is 5.33. The average Bonchev–Trinajstić information content (AvgIpc) is 3.19. The highest BCUT2D eigenvalue weighted by molar-refractivity contribution is 7.07. The molecule has 3 rings (SSSR count). The van der Waals surface area contributed by atoms with Gasteiger partial charge in [-0.1, -0.05) is 0 Å². The molecule has 0 aliphatic rings. The second-order valence-electron chi connectivity index (χ2n) is 6.06. The molecule has 0 aliphatic carbocycles. The van der Waals surface area contributed by atoms with Gasteiger partial charge in [-0.2, -0.15) is 26.6 Å². The standard InChI is InChI=1S/C19H17N7O2S/c1-12(27)22-14-2-4-15(5-3-14)26(10-13-6-7-29-11-13)18(28)8-16-23-17(9-20)25-19(21)24-16/h2-7,11H,8,10H2,1H3,(H,22,27)(H2,21,23,24,25). The third-order valence-electron chi connectivity index (χ3n) is 3.83. The summed E-state index contributed by atoms with van der Waals surface area (Å²) in [7, 11) is 0. The monoisotopic (exact) mass is 407 g/mol. The Balaban J connectivity index is 1.87. The summed E-state index contributed by atoms with van der Waals surface area (Å²) < 4.78 is 0. The van der Waals surface area contributed by atoms with E-state index < -0.39 is 0 Å². The van der Waals surface area contributed by atoms with E-state index in [2.05, 4.69) is 20.3 Å². The molecule has 10 heteroatoms. The summed E-state index contributed by atoms with van der Waals surface area (Å²) in [5.41, 5.74) is 7.85. The van der Waals surface area contributed by atoms with Gasteiger partial charge in [0.2, 0.25) is 23.6 Å². The Labute approximate surface area is 170 Å². The number of nitrogens with one attached hydrogen (secondary N) is 1. The molecule has 2 amide bonds. The predicted molar refractivity (Wildman–Crippen MR) is 109 cm³/mol. The molecule has 9 nitrogen and oxygen atoms in total. The SMILES string of the molecule is CC(=O)Nc1ccc(N(Cc2ccsc2)C(=O)Cc2nc(N)nc(C#N)n2)cc1. The Kier molecular flexibility index (Phi) is 6.11. The van der Waals surface area contributed by atoms with Gasteiger partial charge in [0.15, 0.2) is 0 Å². The first-order valence-corrected chi connectivity index (χ1v) is 9.48. The van der Waals surface area contributed by atoms with Crippen molar-refractivity contribution in [1.82, 2.24) is 15.0 Å². The van der Waals surface area contributed by atoms with Crippen LogP contribution in [0.5, 0.6) is 0 Å². The minimum Gasteiger partial charge on any atom is -0.368 e. The van der Waals surface area contributed by atoms with Gasteiger partial charge >= 0.3 is 0 Å². The van der Waals surface area contributed by atoms with Crippen molar-refractivity contribution in [2.45, 2.75) is 19.9 Å². The van der Waals surface area contributed by atoms with Gasteiger partial charge < -0.3 is 16.0 Å². The summed E-state index contributed by atoms with van der Waals surface area (Å²) in [5.74, 6) is -0.556. The van der Waals surface area contributed by atoms with E-state index in [1.165, 1.54) is 18.3 Å². The van der Waals surface area contributed by atoms with Crippen molar-refractivity contribution in [2.75, 3.05) is 16.0 Å². The van der Waals surface area contributed by atoms with Crippen LogP contribution in [-0.2, 0) is 22.6 Å². The zero-order chi connectivity index (χ0) is 20.8. The number of carbonyl (C=O) groups excluding carboxylic acids is 2. The fourth-order valence-electron chi connectivity index (χ4n) is 2.61. The lowest BCUT2D eigenvalue weighted by atomic mass is 10.2. The minimum atomic E-state index is -0.266. The largest absolute Gasteiger partial charge is 0.368 e. The van der Waals surface area contributed by atoms with Crippen LogP contribution in [0.4, 0.5) is 17.3 Å². The van der Waals surface area contributed by atoms with Crippen molar-refractivity contribution in [3.8, 4) is 6.07 Å². The predicted octanol–water partition coefficient (Wildman–Crippen LogP) is 2.12. The molecule has 1 aromatic carbocycles. The maximum absolute atomic E-state index is 13.0. The number of nitrogens with zero attached hydrogens (tertiary/aromatic N) is 5. The summed E-state index contributed by atoms with van der Waals surface area (Å²) in [5, 5.41) is 15.6. The molecule has 146 valence electrons. The van der Waals surface area contributed by atoms with Crippen LogP contribution < -0.4 is 16.0 Å². The molecule has 29 heavy (non-hydrogen) atoms. The Bertz CT molecular complexity index is 1060. The van der Waals surface area contributed by atoms with Gasteiger partial charge in [0.1, 0.15) is 11.9 Å². The van der Waals surface area contributed by atoms with E-state index in [9.17, 15) is 9.59 Å². The number of amides is 2. The highest BCUT2D eigenvalue weighted by atomic mass is 32.1. The van der Waals surface area contributed by atoms with E-state index in [0.29, 0.717) is 17.9 Å². The van der Waals surface area contributed by atoms with Crippen LogP contribution in [0.25, 0.3) is 0 Å². The van der Waals surface area contributed by atoms with Crippen molar-refractivity contribution >= 4 is 40.5 Å². The Morgan fingerprint density at radius 2 is 1.97 bits per heavy atom. The number of nitrogen functional groups attached to an aromatic ring is 1. The van der Waals surface area contributed by atoms with Gasteiger partial charge in [-0.05, 0) is 46.7 Å². The first-order chi connectivity index (χ1) is 13.9. The average molecular weight is 407 g/mol. The number of nitrogens with two attached hydrogens (primary N) is 1. The van der Waals surface area contributed by atoms with Gasteiger partial charge in [-0.25, -0.2) is 4.98 Å². The van der Waals surface area contributed by atoms with Crippen molar-refractivity contribution in [1.29, 1.82) is 5.26 Å². The summed E-state index contributed by atoms with van der Waals surface area (Å²) in [6.45, 7) is 1.78. The minimum absolute atomic E-state index is 0.108. The molecule has 0 radical (unpaired) electrons. The number of hydrogen-bond donors (Lipinski definition) is 2. The van der Waals surface area contributed by atoms with E-state index in [1.807, 2.05) is 16.8 Å². The summed E-state index contributed by atoms with van der Waals surface area (Å²) in [6.07, 6.45) is -0.140. The van der Waals surface area contributed by atoms with Crippen LogP contribution in [0.3, 0.4) is 0 Å². The Morgan fingerprint density at radius 1 is 1.21 bits per heavy atom. The number of anilines is 3. The smallest absolute Gasteiger partial charge is 0.237 e. The lowest BCUT2D eigenvalue weighted by Crippen LogP contribution is -2.32. The van der Waals surface area contributed by atoms with Crippen LogP contribution in [0.2, 0.25) is 0 Å². The molecule has 0 atom stereocenters. The molecule has 0 saturated heterocycles. The first-order valence-electron chi connectivity index (χ1n) is 8.54. The Hall–Kier alpha value is -3.84. The van der Waals surface area contributed by atoms with Crippen molar-refractivity contribution in [2.24, 2.45) is 0 Å². The zero-order valence-corrected chi connectivity index (χ0v) is 16.3. The van der Waals surface area contributed by atoms with Gasteiger partial charge in [0.05, 0.1) is 13.0 Å². The maximum Gasteiger partial charge on any atom is 0.237 e. The van der Waals surface area contributed by atoms with Crippen LogP contribution in [0.1, 0.15) is 24.1 Å². The van der Waals surface area contributed by atoms with E-state index in [0.717, 1.165) is 5.56 Å². The second kappa shape index (κ2) is 8.90. The molecular formula is C19H17N7O2S. The van der Waals surface area contributed by atoms with Crippen LogP contribution in [0, 0.1) is 11.3 Å². The fraction of sp³-hybridized carbons (Fsp3) is 0.158. The third-order valence-corrected chi connectivity index (χ3v) is 4.56. The van der Waals surface area contributed by atoms with Gasteiger partial charge in [-0.3, -0.25) is 9.59 Å². The summed E-state index contributed by atoms with van der Waals surface area (Å²) >= 11 is 1.54. The number of rotatable bonds is 6. The molecule has 2 aromatic heterocycles. The highest BCUT2D eigenvalue weighted by Crippen LogP contribution is 2.22. The molecule has 0 fully saturated rings. The molecule has 0 bridgehead atoms. The van der Waals surface area contributed by atoms with Gasteiger partial charge in [-0.15, -0.1) is 0 Å². The molecule has 2 heterocycles. The van der Waals surface area contributed by atoms with Crippen molar-refractivity contribution in [3.63, 3.8) is 0 Å². The molecule has 0 unspecified atom stereocenters. The number of aromatic nitrogens is 3. The van der Waals surface area contributed by atoms with Crippen molar-refractivity contribution < 1.29 is 9.59 Å². The molecule has 0 saturated carbocycles. The molecule has 0 spiro atoms. The highest BCUT2D eigenvalue weighted by Gasteiger charge is 2.19.